The fourth-order valence-electron chi connectivity index (χ4n) is 3.22. The van der Waals surface area contributed by atoms with Gasteiger partial charge < -0.3 is 0 Å². The SMILES string of the molecule is CCC(CC(C)C)C(C)C.CCCC(CC(C)C)C(C)C.CP. The maximum absolute atomic E-state index is 2.42. The van der Waals surface area contributed by atoms with Crippen molar-refractivity contribution < 1.29 is 0 Å². The number of hydrogen-bond donors (Lipinski definition) is 0. The molecule has 0 N–H and O–H groups in total. The van der Waals surface area contributed by atoms with Crippen molar-refractivity contribution in [1.29, 1.82) is 0 Å². The molecule has 0 heterocycles. The Morgan fingerprint density at radius 2 is 0.957 bits per heavy atom. The second-order valence-corrected chi connectivity index (χ2v) is 8.46. The summed E-state index contributed by atoms with van der Waals surface area (Å²) < 4.78 is 0. The van der Waals surface area contributed by atoms with E-state index in [0.717, 1.165) is 35.5 Å². The summed E-state index contributed by atoms with van der Waals surface area (Å²) in [7, 11) is 2.42. The highest BCUT2D eigenvalue weighted by atomic mass is 31.0. The number of hydrogen-bond acceptors (Lipinski definition) is 0. The molecular formula is C22H51P. The maximum atomic E-state index is 2.42. The van der Waals surface area contributed by atoms with Crippen LogP contribution in [-0.2, 0) is 0 Å². The first kappa shape index (κ1) is 28.2. The minimum absolute atomic E-state index is 0.868. The van der Waals surface area contributed by atoms with E-state index in [0.29, 0.717) is 0 Å². The van der Waals surface area contributed by atoms with Crippen molar-refractivity contribution >= 4 is 9.24 Å². The molecule has 0 aliphatic rings. The standard InChI is InChI=1S/C11H24.C10H22.CH5P/c1-6-7-11(10(4)5)8-9(2)3;1-6-10(9(4)5)7-8(2)3;1-2/h9-11H,6-8H2,1-5H3;8-10H,6-7H2,1-5H3;2H2,1H3. The molecule has 0 radical (unpaired) electrons. The molecule has 0 fully saturated rings. The lowest BCUT2D eigenvalue weighted by molar-refractivity contribution is 0.296. The van der Waals surface area contributed by atoms with Gasteiger partial charge in [-0.15, -0.1) is 9.24 Å². The minimum Gasteiger partial charge on any atom is -0.141 e. The van der Waals surface area contributed by atoms with Crippen LogP contribution in [0.3, 0.4) is 0 Å². The molecule has 0 aliphatic heterocycles. The monoisotopic (exact) mass is 346 g/mol. The average molecular weight is 347 g/mol. The van der Waals surface area contributed by atoms with Crippen molar-refractivity contribution in [3.63, 3.8) is 0 Å². The van der Waals surface area contributed by atoms with Crippen LogP contribution in [0, 0.1) is 35.5 Å². The van der Waals surface area contributed by atoms with Crippen LogP contribution in [0.15, 0.2) is 0 Å². The molecule has 0 aromatic heterocycles. The zero-order chi connectivity index (χ0) is 19.0. The van der Waals surface area contributed by atoms with E-state index in [1.54, 1.807) is 0 Å². The van der Waals surface area contributed by atoms with Gasteiger partial charge in [0.25, 0.3) is 0 Å². The highest BCUT2D eigenvalue weighted by Crippen LogP contribution is 2.24. The topological polar surface area (TPSA) is 0 Å². The van der Waals surface area contributed by atoms with Gasteiger partial charge in [-0.2, -0.15) is 0 Å². The maximum Gasteiger partial charge on any atom is -0.0389 e. The van der Waals surface area contributed by atoms with E-state index in [9.17, 15) is 0 Å². The fraction of sp³-hybridized carbons (Fsp3) is 1.00. The molecule has 0 saturated heterocycles. The first-order valence-corrected chi connectivity index (χ1v) is 11.4. The minimum atomic E-state index is 0.868. The van der Waals surface area contributed by atoms with Gasteiger partial charge in [0, 0.05) is 0 Å². The van der Waals surface area contributed by atoms with Crippen LogP contribution in [0.5, 0.6) is 0 Å². The predicted octanol–water partition coefficient (Wildman–Crippen LogP) is 8.31. The van der Waals surface area contributed by atoms with E-state index in [4.69, 9.17) is 0 Å². The van der Waals surface area contributed by atoms with Crippen LogP contribution in [-0.4, -0.2) is 6.66 Å². The third-order valence-corrected chi connectivity index (χ3v) is 4.62. The van der Waals surface area contributed by atoms with Crippen molar-refractivity contribution in [3.8, 4) is 0 Å². The Bertz CT molecular complexity index is 206. The zero-order valence-electron chi connectivity index (χ0n) is 18.6. The van der Waals surface area contributed by atoms with Crippen LogP contribution in [0.4, 0.5) is 0 Å². The smallest absolute Gasteiger partial charge is 0.0389 e. The summed E-state index contributed by atoms with van der Waals surface area (Å²) in [5, 5.41) is 0. The lowest BCUT2D eigenvalue weighted by Gasteiger charge is -2.21. The molecule has 0 aromatic carbocycles. The van der Waals surface area contributed by atoms with Gasteiger partial charge in [-0.25, -0.2) is 0 Å². The Hall–Kier alpha value is 0.430. The second kappa shape index (κ2) is 18.8. The normalized spacial score (nSPS) is 13.6. The Morgan fingerprint density at radius 1 is 0.609 bits per heavy atom. The predicted molar refractivity (Wildman–Crippen MR) is 116 cm³/mol. The van der Waals surface area contributed by atoms with Crippen LogP contribution in [0.1, 0.15) is 101 Å². The highest BCUT2D eigenvalue weighted by Gasteiger charge is 2.13. The van der Waals surface area contributed by atoms with E-state index in [-0.39, 0.29) is 0 Å². The van der Waals surface area contributed by atoms with Crippen LogP contribution in [0.25, 0.3) is 0 Å². The van der Waals surface area contributed by atoms with Gasteiger partial charge >= 0.3 is 0 Å². The van der Waals surface area contributed by atoms with Gasteiger partial charge in [0.1, 0.15) is 0 Å². The van der Waals surface area contributed by atoms with Crippen LogP contribution in [0.2, 0.25) is 0 Å². The molecule has 1 heteroatoms. The third-order valence-electron chi connectivity index (χ3n) is 4.62. The average Bonchev–Trinajstić information content (AvgIpc) is 2.46. The highest BCUT2D eigenvalue weighted by molar-refractivity contribution is 7.15. The van der Waals surface area contributed by atoms with Crippen molar-refractivity contribution in [3.05, 3.63) is 0 Å². The summed E-state index contributed by atoms with van der Waals surface area (Å²) in [4.78, 5) is 0. The first-order chi connectivity index (χ1) is 10.6. The van der Waals surface area contributed by atoms with E-state index in [1.165, 1.54) is 32.1 Å². The van der Waals surface area contributed by atoms with E-state index < -0.39 is 0 Å². The molecule has 0 amide bonds. The molecule has 0 saturated carbocycles. The van der Waals surface area contributed by atoms with E-state index in [1.807, 2.05) is 6.66 Å². The van der Waals surface area contributed by atoms with Crippen LogP contribution < -0.4 is 0 Å². The molecular weight excluding hydrogens is 295 g/mol. The van der Waals surface area contributed by atoms with Gasteiger partial charge in [-0.05, 0) is 48.3 Å². The Kier molecular flexibility index (Phi) is 23.0. The van der Waals surface area contributed by atoms with Crippen molar-refractivity contribution in [1.82, 2.24) is 0 Å². The molecule has 0 spiro atoms. The van der Waals surface area contributed by atoms with Gasteiger partial charge in [0.15, 0.2) is 0 Å². The Morgan fingerprint density at radius 3 is 1.13 bits per heavy atom. The summed E-state index contributed by atoms with van der Waals surface area (Å²) in [6.07, 6.45) is 6.90. The van der Waals surface area contributed by atoms with Gasteiger partial charge in [-0.3, -0.25) is 0 Å². The molecule has 0 aliphatic carbocycles. The fourth-order valence-corrected chi connectivity index (χ4v) is 3.22. The van der Waals surface area contributed by atoms with Crippen molar-refractivity contribution in [2.75, 3.05) is 6.66 Å². The molecule has 0 bridgehead atoms. The molecule has 0 aromatic rings. The third kappa shape index (κ3) is 20.4. The summed E-state index contributed by atoms with van der Waals surface area (Å²) in [6.45, 7) is 25.1. The van der Waals surface area contributed by atoms with Gasteiger partial charge in [0.2, 0.25) is 0 Å². The van der Waals surface area contributed by atoms with Gasteiger partial charge in [0.05, 0.1) is 0 Å². The Labute approximate surface area is 153 Å². The van der Waals surface area contributed by atoms with Crippen molar-refractivity contribution in [2.45, 2.75) is 101 Å². The van der Waals surface area contributed by atoms with E-state index >= 15 is 0 Å². The summed E-state index contributed by atoms with van der Waals surface area (Å²) in [6, 6.07) is 0. The molecule has 3 unspecified atom stereocenters. The van der Waals surface area contributed by atoms with Crippen molar-refractivity contribution in [2.24, 2.45) is 35.5 Å². The summed E-state index contributed by atoms with van der Waals surface area (Å²) in [5.74, 6) is 5.38. The Balaban J connectivity index is -0.000000315. The van der Waals surface area contributed by atoms with E-state index in [2.05, 4.69) is 78.5 Å². The van der Waals surface area contributed by atoms with Gasteiger partial charge in [-0.1, -0.05) is 95.2 Å². The number of rotatable bonds is 9. The molecule has 0 rings (SSSR count). The molecule has 0 nitrogen and oxygen atoms in total. The first-order valence-electron chi connectivity index (χ1n) is 10.2. The van der Waals surface area contributed by atoms with Crippen LogP contribution >= 0.6 is 9.24 Å². The quantitative estimate of drug-likeness (QED) is 0.368. The molecule has 144 valence electrons. The lowest BCUT2D eigenvalue weighted by atomic mass is 9.84. The largest absolute Gasteiger partial charge is 0.141 e. The summed E-state index contributed by atoms with van der Waals surface area (Å²) >= 11 is 0. The molecule has 3 atom stereocenters. The summed E-state index contributed by atoms with van der Waals surface area (Å²) in [5.41, 5.74) is 0. The zero-order valence-corrected chi connectivity index (χ0v) is 19.7. The molecule has 23 heavy (non-hydrogen) atoms. The second-order valence-electron chi connectivity index (χ2n) is 8.46. The lowest BCUT2D eigenvalue weighted by Crippen LogP contribution is -2.11.